The maximum Gasteiger partial charge on any atom is 0.251 e. The van der Waals surface area contributed by atoms with Crippen molar-refractivity contribution in [2.24, 2.45) is 0 Å². The normalized spacial score (nSPS) is 24.1. The molecule has 238 valence electrons. The molecule has 0 bridgehead atoms. The molecule has 1 unspecified atom stereocenters. The predicted octanol–water partition coefficient (Wildman–Crippen LogP) is 4.47. The molecule has 4 heterocycles. The van der Waals surface area contributed by atoms with E-state index >= 15 is 0 Å². The van der Waals surface area contributed by atoms with Crippen molar-refractivity contribution in [3.8, 4) is 11.8 Å². The van der Waals surface area contributed by atoms with Crippen LogP contribution in [0.5, 0.6) is 11.8 Å². The van der Waals surface area contributed by atoms with Gasteiger partial charge in [-0.1, -0.05) is 60.7 Å². The van der Waals surface area contributed by atoms with E-state index in [9.17, 15) is 4.79 Å². The number of piperazine rings is 2. The fraction of sp³-hybridized carbons (Fsp3) is 0.528. The van der Waals surface area contributed by atoms with Gasteiger partial charge >= 0.3 is 0 Å². The summed E-state index contributed by atoms with van der Waals surface area (Å²) in [6.45, 7) is 7.73. The number of ether oxygens (including phenoxy) is 3. The molecule has 9 heteroatoms. The third-order valence-electron chi connectivity index (χ3n) is 9.83. The van der Waals surface area contributed by atoms with Crippen LogP contribution in [-0.4, -0.2) is 102 Å². The van der Waals surface area contributed by atoms with Gasteiger partial charge in [0.2, 0.25) is 11.8 Å². The van der Waals surface area contributed by atoms with Gasteiger partial charge in [0.05, 0.1) is 19.3 Å². The molecule has 1 aliphatic carbocycles. The number of benzene rings is 2. The Morgan fingerprint density at radius 2 is 1.64 bits per heavy atom. The minimum absolute atomic E-state index is 0.146. The molecule has 7 rings (SSSR count). The molecule has 0 spiro atoms. The van der Waals surface area contributed by atoms with E-state index in [4.69, 9.17) is 24.2 Å². The van der Waals surface area contributed by atoms with Crippen molar-refractivity contribution < 1.29 is 19.0 Å². The summed E-state index contributed by atoms with van der Waals surface area (Å²) < 4.78 is 17.8. The van der Waals surface area contributed by atoms with Crippen molar-refractivity contribution in [3.63, 3.8) is 0 Å². The fourth-order valence-corrected chi connectivity index (χ4v) is 7.54. The van der Waals surface area contributed by atoms with Gasteiger partial charge in [-0.25, -0.2) is 0 Å². The molecule has 45 heavy (non-hydrogen) atoms. The van der Waals surface area contributed by atoms with Crippen LogP contribution in [0.25, 0.3) is 0 Å². The highest BCUT2D eigenvalue weighted by Gasteiger charge is 2.44. The minimum atomic E-state index is -0.298. The first-order valence-electron chi connectivity index (χ1n) is 16.7. The highest BCUT2D eigenvalue weighted by atomic mass is 16.5. The molecular weight excluding hydrogens is 566 g/mol. The highest BCUT2D eigenvalue weighted by Crippen LogP contribution is 2.41. The molecule has 1 aromatic heterocycles. The zero-order valence-electron chi connectivity index (χ0n) is 26.5. The summed E-state index contributed by atoms with van der Waals surface area (Å²) >= 11 is 0. The van der Waals surface area contributed by atoms with E-state index in [-0.39, 0.29) is 30.0 Å². The summed E-state index contributed by atoms with van der Waals surface area (Å²) in [5.74, 6) is 2.77. The second-order valence-electron chi connectivity index (χ2n) is 12.8. The molecule has 3 aliphatic heterocycles. The number of carbonyl (C=O) groups is 1. The van der Waals surface area contributed by atoms with Crippen molar-refractivity contribution in [3.05, 3.63) is 83.2 Å². The van der Waals surface area contributed by atoms with Crippen molar-refractivity contribution in [2.45, 2.75) is 69.2 Å². The predicted molar refractivity (Wildman–Crippen MR) is 172 cm³/mol. The average molecular weight is 612 g/mol. The lowest BCUT2D eigenvalue weighted by atomic mass is 9.81. The van der Waals surface area contributed by atoms with Crippen molar-refractivity contribution in [2.75, 3.05) is 53.0 Å². The number of methoxy groups -OCH3 is 1. The lowest BCUT2D eigenvalue weighted by molar-refractivity contribution is -0.146. The van der Waals surface area contributed by atoms with Gasteiger partial charge < -0.3 is 19.1 Å². The van der Waals surface area contributed by atoms with Gasteiger partial charge in [-0.3, -0.25) is 14.6 Å². The quantitative estimate of drug-likeness (QED) is 0.333. The van der Waals surface area contributed by atoms with Crippen LogP contribution in [0.2, 0.25) is 0 Å². The molecule has 4 fully saturated rings. The second kappa shape index (κ2) is 13.4. The Labute approximate surface area is 266 Å². The first-order chi connectivity index (χ1) is 22.1. The molecule has 9 nitrogen and oxygen atoms in total. The number of amides is 1. The van der Waals surface area contributed by atoms with Crippen LogP contribution in [0.4, 0.5) is 0 Å². The van der Waals surface area contributed by atoms with E-state index in [1.807, 2.05) is 6.92 Å². The lowest BCUT2D eigenvalue weighted by Gasteiger charge is -2.53. The number of carbonyl (C=O) groups excluding carboxylic acids is 1. The maximum atomic E-state index is 13.5. The SMILES string of the molecule is CCOc1nc(C2CC2)nc(OC)c1CN1CC(C(c2ccccc2)c2ccccc2)N2CCN(C(=O)[C@H]3CCCO3)C[C@H]2C1. The molecule has 3 saturated heterocycles. The van der Waals surface area contributed by atoms with E-state index in [0.717, 1.165) is 63.3 Å². The Balaban J connectivity index is 1.24. The zero-order valence-corrected chi connectivity index (χ0v) is 26.5. The molecule has 1 amide bonds. The van der Waals surface area contributed by atoms with Gasteiger partial charge in [-0.15, -0.1) is 0 Å². The van der Waals surface area contributed by atoms with Gasteiger partial charge in [0.1, 0.15) is 11.9 Å². The molecule has 2 aromatic carbocycles. The van der Waals surface area contributed by atoms with Crippen LogP contribution in [0.15, 0.2) is 60.7 Å². The Morgan fingerprint density at radius 1 is 0.933 bits per heavy atom. The Hall–Kier alpha value is -3.53. The average Bonchev–Trinajstić information content (AvgIpc) is 3.79. The van der Waals surface area contributed by atoms with E-state index < -0.39 is 0 Å². The van der Waals surface area contributed by atoms with Crippen LogP contribution in [0, 0.1) is 0 Å². The summed E-state index contributed by atoms with van der Waals surface area (Å²) in [5, 5.41) is 0. The molecule has 0 N–H and O–H groups in total. The van der Waals surface area contributed by atoms with E-state index in [0.29, 0.717) is 44.0 Å². The lowest BCUT2D eigenvalue weighted by Crippen LogP contribution is -2.67. The largest absolute Gasteiger partial charge is 0.481 e. The third kappa shape index (κ3) is 6.44. The van der Waals surface area contributed by atoms with Crippen molar-refractivity contribution in [1.82, 2.24) is 24.7 Å². The number of fused-ring (bicyclic) bond motifs is 1. The maximum absolute atomic E-state index is 13.5. The van der Waals surface area contributed by atoms with Crippen LogP contribution in [0.1, 0.15) is 67.0 Å². The van der Waals surface area contributed by atoms with Crippen LogP contribution in [-0.2, 0) is 16.1 Å². The summed E-state index contributed by atoms with van der Waals surface area (Å²) in [6.07, 6.45) is 3.70. The topological polar surface area (TPSA) is 80.3 Å². The van der Waals surface area contributed by atoms with Crippen molar-refractivity contribution >= 4 is 5.91 Å². The monoisotopic (exact) mass is 611 g/mol. The molecule has 1 saturated carbocycles. The Bertz CT molecular complexity index is 1410. The summed E-state index contributed by atoms with van der Waals surface area (Å²) in [5.41, 5.74) is 3.50. The van der Waals surface area contributed by atoms with Gasteiger partial charge in [-0.2, -0.15) is 9.97 Å². The first kappa shape index (κ1) is 30.1. The third-order valence-corrected chi connectivity index (χ3v) is 9.83. The van der Waals surface area contributed by atoms with E-state index in [1.165, 1.54) is 11.1 Å². The minimum Gasteiger partial charge on any atom is -0.481 e. The summed E-state index contributed by atoms with van der Waals surface area (Å²) in [6, 6.07) is 22.1. The molecule has 3 atom stereocenters. The van der Waals surface area contributed by atoms with Crippen LogP contribution < -0.4 is 9.47 Å². The Morgan fingerprint density at radius 3 is 2.27 bits per heavy atom. The van der Waals surface area contributed by atoms with E-state index in [2.05, 4.69) is 75.4 Å². The highest BCUT2D eigenvalue weighted by molar-refractivity contribution is 5.81. The van der Waals surface area contributed by atoms with Gasteiger partial charge in [0.25, 0.3) is 5.91 Å². The van der Waals surface area contributed by atoms with Crippen LogP contribution in [0.3, 0.4) is 0 Å². The van der Waals surface area contributed by atoms with E-state index in [1.54, 1.807) is 7.11 Å². The number of rotatable bonds is 10. The van der Waals surface area contributed by atoms with Gasteiger partial charge in [0.15, 0.2) is 0 Å². The Kier molecular flexibility index (Phi) is 9.01. The number of aromatic nitrogens is 2. The number of hydrogen-bond donors (Lipinski definition) is 0. The smallest absolute Gasteiger partial charge is 0.251 e. The standard InChI is InChI=1S/C36H45N5O4/c1-3-44-35-29(34(43-2)37-33(38-35)27-16-17-27)23-39-21-28-22-40(36(42)31-15-10-20-45-31)18-19-41(28)30(24-39)32(25-11-6-4-7-12-25)26-13-8-5-9-14-26/h4-9,11-14,27-28,30-32H,3,10,15-24H2,1-2H3/t28-,30?,31-/m1/s1. The summed E-state index contributed by atoms with van der Waals surface area (Å²) in [7, 11) is 1.69. The number of hydrogen-bond acceptors (Lipinski definition) is 8. The molecular formula is C36H45N5O4. The number of nitrogens with zero attached hydrogens (tertiary/aromatic N) is 5. The van der Waals surface area contributed by atoms with Crippen LogP contribution >= 0.6 is 0 Å². The zero-order chi connectivity index (χ0) is 30.8. The summed E-state index contributed by atoms with van der Waals surface area (Å²) in [4.78, 5) is 30.5. The van der Waals surface area contributed by atoms with Gasteiger partial charge in [0, 0.05) is 69.8 Å². The molecule has 4 aliphatic rings. The second-order valence-corrected chi connectivity index (χ2v) is 12.8. The first-order valence-corrected chi connectivity index (χ1v) is 16.7. The fourth-order valence-electron chi connectivity index (χ4n) is 7.54. The van der Waals surface area contributed by atoms with Gasteiger partial charge in [-0.05, 0) is 43.7 Å². The molecule has 0 radical (unpaired) electrons. The molecule has 3 aromatic rings. The van der Waals surface area contributed by atoms with Crippen molar-refractivity contribution in [1.29, 1.82) is 0 Å².